The molecule has 5 nitrogen and oxygen atoms in total. The van der Waals surface area contributed by atoms with E-state index in [4.69, 9.17) is 21.0 Å². The van der Waals surface area contributed by atoms with E-state index in [0.717, 1.165) is 0 Å². The molecule has 0 bridgehead atoms. The second-order valence-electron chi connectivity index (χ2n) is 2.31. The summed E-state index contributed by atoms with van der Waals surface area (Å²) < 4.78 is 4.52. The van der Waals surface area contributed by atoms with Crippen molar-refractivity contribution in [2.75, 3.05) is 5.73 Å². The molecule has 1 aromatic carbocycles. The van der Waals surface area contributed by atoms with Crippen LogP contribution in [0.1, 0.15) is 5.56 Å². The molecule has 0 amide bonds. The summed E-state index contributed by atoms with van der Waals surface area (Å²) in [5, 5.41) is 25.4. The topological polar surface area (TPSA) is 99.5 Å². The third kappa shape index (κ3) is 2.37. The van der Waals surface area contributed by atoms with E-state index in [-0.39, 0.29) is 11.4 Å². The van der Waals surface area contributed by atoms with Crippen molar-refractivity contribution >= 4 is 13.0 Å². The summed E-state index contributed by atoms with van der Waals surface area (Å²) in [6.07, 6.45) is 0. The van der Waals surface area contributed by atoms with E-state index in [1.807, 2.05) is 6.07 Å². The molecule has 0 unspecified atom stereocenters. The lowest BCUT2D eigenvalue weighted by molar-refractivity contribution is 0.289. The van der Waals surface area contributed by atoms with E-state index in [2.05, 4.69) is 4.65 Å². The second-order valence-corrected chi connectivity index (χ2v) is 2.31. The molecule has 0 aliphatic rings. The summed E-state index contributed by atoms with van der Waals surface area (Å²) in [5.41, 5.74) is 6.02. The monoisotopic (exact) mass is 178 g/mol. The molecule has 0 saturated heterocycles. The molecule has 0 fully saturated rings. The Morgan fingerprint density at radius 3 is 2.62 bits per heavy atom. The highest BCUT2D eigenvalue weighted by Gasteiger charge is 2.13. The van der Waals surface area contributed by atoms with Gasteiger partial charge >= 0.3 is 7.32 Å². The van der Waals surface area contributed by atoms with E-state index in [0.29, 0.717) is 5.56 Å². The Bertz CT molecular complexity index is 348. The van der Waals surface area contributed by atoms with E-state index >= 15 is 0 Å². The Labute approximate surface area is 75.2 Å². The molecule has 0 aliphatic carbocycles. The van der Waals surface area contributed by atoms with Crippen LogP contribution in [-0.4, -0.2) is 17.4 Å². The number of nitrogen functional groups attached to an aromatic ring is 1. The van der Waals surface area contributed by atoms with Crippen LogP contribution in [0.15, 0.2) is 18.2 Å². The molecule has 0 atom stereocenters. The largest absolute Gasteiger partial charge is 0.707 e. The SMILES string of the molecule is N#Cc1ccc(OB(O)O)c(N)c1. The number of nitrogens with zero attached hydrogens (tertiary/aromatic N) is 1. The number of hydrogen-bond acceptors (Lipinski definition) is 5. The second kappa shape index (κ2) is 3.80. The molecule has 1 aromatic rings. The molecule has 0 aromatic heterocycles. The quantitative estimate of drug-likeness (QED) is 0.418. The maximum absolute atomic E-state index is 8.49. The predicted octanol–water partition coefficient (Wildman–Crippen LogP) is -0.511. The van der Waals surface area contributed by atoms with Crippen molar-refractivity contribution < 1.29 is 14.7 Å². The van der Waals surface area contributed by atoms with Crippen molar-refractivity contribution in [1.82, 2.24) is 0 Å². The normalized spacial score (nSPS) is 9.00. The van der Waals surface area contributed by atoms with Crippen LogP contribution in [0.4, 0.5) is 5.69 Å². The number of nitrogens with two attached hydrogens (primary N) is 1. The Morgan fingerprint density at radius 1 is 1.46 bits per heavy atom. The third-order valence-electron chi connectivity index (χ3n) is 1.37. The van der Waals surface area contributed by atoms with Crippen molar-refractivity contribution in [2.45, 2.75) is 0 Å². The van der Waals surface area contributed by atoms with E-state index in [9.17, 15) is 0 Å². The molecule has 13 heavy (non-hydrogen) atoms. The first-order valence-electron chi connectivity index (χ1n) is 3.46. The van der Waals surface area contributed by atoms with Crippen LogP contribution in [0.5, 0.6) is 5.75 Å². The van der Waals surface area contributed by atoms with Gasteiger partial charge in [0.05, 0.1) is 17.3 Å². The van der Waals surface area contributed by atoms with Gasteiger partial charge in [-0.15, -0.1) is 0 Å². The fourth-order valence-electron chi connectivity index (χ4n) is 0.839. The van der Waals surface area contributed by atoms with Gasteiger partial charge in [-0.1, -0.05) is 0 Å². The lowest BCUT2D eigenvalue weighted by Gasteiger charge is -2.07. The Kier molecular flexibility index (Phi) is 2.74. The molecule has 4 N–H and O–H groups in total. The fraction of sp³-hybridized carbons (Fsp3) is 0. The molecule has 0 spiro atoms. The average Bonchev–Trinajstić information content (AvgIpc) is 2.08. The molecular weight excluding hydrogens is 171 g/mol. The molecule has 0 saturated carbocycles. The van der Waals surface area contributed by atoms with Crippen LogP contribution in [-0.2, 0) is 0 Å². The van der Waals surface area contributed by atoms with Crippen LogP contribution in [0.3, 0.4) is 0 Å². The zero-order valence-electron chi connectivity index (χ0n) is 6.64. The van der Waals surface area contributed by atoms with Crippen molar-refractivity contribution in [3.63, 3.8) is 0 Å². The first-order valence-corrected chi connectivity index (χ1v) is 3.46. The summed E-state index contributed by atoms with van der Waals surface area (Å²) in [6.45, 7) is 0. The van der Waals surface area contributed by atoms with E-state index in [1.54, 1.807) is 0 Å². The molecule has 66 valence electrons. The van der Waals surface area contributed by atoms with Crippen molar-refractivity contribution in [2.24, 2.45) is 0 Å². The molecule has 0 aliphatic heterocycles. The predicted molar refractivity (Wildman–Crippen MR) is 46.4 cm³/mol. The molecule has 6 heteroatoms. The standard InChI is InChI=1S/C7H7BN2O3/c9-4-5-1-2-7(6(10)3-5)13-8(11)12/h1-3,11-12H,10H2. The van der Waals surface area contributed by atoms with Crippen LogP contribution < -0.4 is 10.4 Å². The minimum Gasteiger partial charge on any atom is -0.510 e. The van der Waals surface area contributed by atoms with Crippen molar-refractivity contribution in [3.8, 4) is 11.8 Å². The average molecular weight is 178 g/mol. The minimum absolute atomic E-state index is 0.133. The summed E-state index contributed by atoms with van der Waals surface area (Å²) >= 11 is 0. The smallest absolute Gasteiger partial charge is 0.510 e. The van der Waals surface area contributed by atoms with Gasteiger partial charge < -0.3 is 20.4 Å². The van der Waals surface area contributed by atoms with Gasteiger partial charge in [0.15, 0.2) is 0 Å². The highest BCUT2D eigenvalue weighted by molar-refractivity contribution is 6.33. The summed E-state index contributed by atoms with van der Waals surface area (Å²) in [6, 6.07) is 6.14. The van der Waals surface area contributed by atoms with E-state index in [1.165, 1.54) is 18.2 Å². The first kappa shape index (κ1) is 9.38. The van der Waals surface area contributed by atoms with E-state index < -0.39 is 7.32 Å². The molecular formula is C7H7BN2O3. The van der Waals surface area contributed by atoms with Crippen LogP contribution in [0, 0.1) is 11.3 Å². The maximum Gasteiger partial charge on any atom is 0.707 e. The van der Waals surface area contributed by atoms with Gasteiger partial charge in [0, 0.05) is 0 Å². The van der Waals surface area contributed by atoms with Gasteiger partial charge in [-0.3, -0.25) is 0 Å². The lowest BCUT2D eigenvalue weighted by atomic mass is 10.2. The van der Waals surface area contributed by atoms with Crippen LogP contribution >= 0.6 is 0 Å². The third-order valence-corrected chi connectivity index (χ3v) is 1.37. The van der Waals surface area contributed by atoms with Gasteiger partial charge in [-0.25, -0.2) is 0 Å². The summed E-state index contributed by atoms with van der Waals surface area (Å²) in [5.74, 6) is 0.133. The van der Waals surface area contributed by atoms with Gasteiger partial charge in [0.25, 0.3) is 0 Å². The van der Waals surface area contributed by atoms with Gasteiger partial charge in [-0.05, 0) is 18.2 Å². The zero-order chi connectivity index (χ0) is 9.84. The van der Waals surface area contributed by atoms with Gasteiger partial charge in [-0.2, -0.15) is 5.26 Å². The minimum atomic E-state index is -1.91. The molecule has 1 rings (SSSR count). The first-order chi connectivity index (χ1) is 6.13. The number of benzene rings is 1. The van der Waals surface area contributed by atoms with Gasteiger partial charge in [0.1, 0.15) is 5.75 Å². The maximum atomic E-state index is 8.49. The van der Waals surface area contributed by atoms with Crippen LogP contribution in [0.25, 0.3) is 0 Å². The highest BCUT2D eigenvalue weighted by Crippen LogP contribution is 2.21. The van der Waals surface area contributed by atoms with Crippen molar-refractivity contribution in [3.05, 3.63) is 23.8 Å². The summed E-state index contributed by atoms with van der Waals surface area (Å²) in [7, 11) is -1.91. The lowest BCUT2D eigenvalue weighted by Crippen LogP contribution is -2.21. The highest BCUT2D eigenvalue weighted by atomic mass is 16.6. The fourth-order valence-corrected chi connectivity index (χ4v) is 0.839. The molecule has 0 radical (unpaired) electrons. The zero-order valence-corrected chi connectivity index (χ0v) is 6.64. The van der Waals surface area contributed by atoms with Crippen molar-refractivity contribution in [1.29, 1.82) is 5.26 Å². The number of rotatable bonds is 2. The summed E-state index contributed by atoms with van der Waals surface area (Å²) in [4.78, 5) is 0. The number of anilines is 1. The Hall–Kier alpha value is -1.71. The number of nitriles is 1. The van der Waals surface area contributed by atoms with Crippen LogP contribution in [0.2, 0.25) is 0 Å². The molecule has 0 heterocycles. The Balaban J connectivity index is 2.93. The van der Waals surface area contributed by atoms with Gasteiger partial charge in [0.2, 0.25) is 0 Å². The Morgan fingerprint density at radius 2 is 2.15 bits per heavy atom. The number of hydrogen-bond donors (Lipinski definition) is 3.